The Labute approximate surface area is 95.1 Å². The fourth-order valence-corrected chi connectivity index (χ4v) is 3.05. The summed E-state index contributed by atoms with van der Waals surface area (Å²) < 4.78 is 1.11. The van der Waals surface area contributed by atoms with Gasteiger partial charge in [-0.1, -0.05) is 22.0 Å². The van der Waals surface area contributed by atoms with Crippen LogP contribution in [0.2, 0.25) is 0 Å². The van der Waals surface area contributed by atoms with Gasteiger partial charge < -0.3 is 0 Å². The first-order valence-electron chi connectivity index (χ1n) is 4.23. The van der Waals surface area contributed by atoms with Gasteiger partial charge in [-0.05, 0) is 34.9 Å². The van der Waals surface area contributed by atoms with E-state index in [4.69, 9.17) is 5.26 Å². The summed E-state index contributed by atoms with van der Waals surface area (Å²) in [4.78, 5) is 0. The van der Waals surface area contributed by atoms with Gasteiger partial charge in [-0.25, -0.2) is 0 Å². The van der Waals surface area contributed by atoms with Crippen molar-refractivity contribution in [1.82, 2.24) is 0 Å². The molecule has 3 heteroatoms. The van der Waals surface area contributed by atoms with E-state index in [1.54, 1.807) is 11.3 Å². The third kappa shape index (κ3) is 1.35. The predicted octanol–water partition coefficient (Wildman–Crippen LogP) is 3.98. The van der Waals surface area contributed by atoms with Gasteiger partial charge in [0.05, 0.1) is 10.3 Å². The van der Waals surface area contributed by atoms with Crippen molar-refractivity contribution in [3.8, 4) is 6.07 Å². The fourth-order valence-electron chi connectivity index (χ4n) is 1.60. The molecule has 1 aromatic carbocycles. The van der Waals surface area contributed by atoms with Crippen LogP contribution in [0.3, 0.4) is 0 Å². The summed E-state index contributed by atoms with van der Waals surface area (Å²) in [5.74, 6) is 0. The van der Waals surface area contributed by atoms with Crippen molar-refractivity contribution in [1.29, 1.82) is 5.26 Å². The molecule has 0 saturated carbocycles. The van der Waals surface area contributed by atoms with Crippen molar-refractivity contribution in [2.24, 2.45) is 0 Å². The van der Waals surface area contributed by atoms with Crippen LogP contribution in [-0.4, -0.2) is 0 Å². The number of aryl methyl sites for hydroxylation is 1. The molecule has 0 atom stereocenters. The highest BCUT2D eigenvalue weighted by Crippen LogP contribution is 2.31. The van der Waals surface area contributed by atoms with Crippen LogP contribution < -0.4 is 0 Å². The molecule has 1 nitrogen and oxygen atoms in total. The van der Waals surface area contributed by atoms with Gasteiger partial charge >= 0.3 is 0 Å². The number of rotatable bonds is 1. The molecule has 0 saturated heterocycles. The van der Waals surface area contributed by atoms with Crippen LogP contribution in [-0.2, 0) is 5.33 Å². The van der Waals surface area contributed by atoms with E-state index in [1.165, 1.54) is 10.9 Å². The molecule has 0 N–H and O–H groups in total. The van der Waals surface area contributed by atoms with E-state index < -0.39 is 0 Å². The Morgan fingerprint density at radius 3 is 3.00 bits per heavy atom. The van der Waals surface area contributed by atoms with Gasteiger partial charge in [0.15, 0.2) is 0 Å². The molecular weight excluding hydrogens is 258 g/mol. The van der Waals surface area contributed by atoms with Gasteiger partial charge in [0.2, 0.25) is 0 Å². The molecular formula is C11H8BrNS. The van der Waals surface area contributed by atoms with Gasteiger partial charge in [-0.2, -0.15) is 5.26 Å². The van der Waals surface area contributed by atoms with Gasteiger partial charge in [0.1, 0.15) is 6.07 Å². The summed E-state index contributed by atoms with van der Waals surface area (Å²) in [7, 11) is 0. The second kappa shape index (κ2) is 3.72. The lowest BCUT2D eigenvalue weighted by Crippen LogP contribution is -1.87. The lowest BCUT2D eigenvalue weighted by atomic mass is 10.0. The van der Waals surface area contributed by atoms with Crippen molar-refractivity contribution < 1.29 is 0 Å². The Morgan fingerprint density at radius 2 is 2.36 bits per heavy atom. The van der Waals surface area contributed by atoms with E-state index in [9.17, 15) is 0 Å². The van der Waals surface area contributed by atoms with Crippen LogP contribution in [0.4, 0.5) is 0 Å². The minimum Gasteiger partial charge on any atom is -0.192 e. The Morgan fingerprint density at radius 1 is 1.57 bits per heavy atom. The van der Waals surface area contributed by atoms with E-state index in [1.807, 2.05) is 12.3 Å². The number of hydrogen-bond acceptors (Lipinski definition) is 2. The molecule has 2 aromatic rings. The molecule has 1 heterocycles. The van der Waals surface area contributed by atoms with Crippen molar-refractivity contribution in [3.63, 3.8) is 0 Å². The number of benzene rings is 1. The molecule has 0 spiro atoms. The topological polar surface area (TPSA) is 23.8 Å². The third-order valence-electron chi connectivity index (χ3n) is 2.28. The largest absolute Gasteiger partial charge is 0.192 e. The SMILES string of the molecule is Cc1cc(CBr)c2ccsc2c1C#N. The number of nitriles is 1. The minimum atomic E-state index is 0.819. The molecule has 70 valence electrons. The molecule has 14 heavy (non-hydrogen) atoms. The monoisotopic (exact) mass is 265 g/mol. The number of nitrogens with zero attached hydrogens (tertiary/aromatic N) is 1. The summed E-state index contributed by atoms with van der Waals surface area (Å²) in [6.07, 6.45) is 0. The zero-order valence-corrected chi connectivity index (χ0v) is 10.1. The van der Waals surface area contributed by atoms with Crippen LogP contribution in [0.5, 0.6) is 0 Å². The average Bonchev–Trinajstić information content (AvgIpc) is 2.65. The first kappa shape index (κ1) is 9.70. The lowest BCUT2D eigenvalue weighted by Gasteiger charge is -2.03. The smallest absolute Gasteiger partial charge is 0.101 e. The highest BCUT2D eigenvalue weighted by molar-refractivity contribution is 9.08. The number of halogens is 1. The quantitative estimate of drug-likeness (QED) is 0.716. The Balaban J connectivity index is 2.90. The van der Waals surface area contributed by atoms with Crippen LogP contribution >= 0.6 is 27.3 Å². The van der Waals surface area contributed by atoms with Crippen LogP contribution in [0, 0.1) is 18.3 Å². The van der Waals surface area contributed by atoms with E-state index >= 15 is 0 Å². The van der Waals surface area contributed by atoms with Crippen molar-refractivity contribution in [2.45, 2.75) is 12.3 Å². The number of thiophene rings is 1. The fraction of sp³-hybridized carbons (Fsp3) is 0.182. The molecule has 1 aromatic heterocycles. The molecule has 0 aliphatic carbocycles. The summed E-state index contributed by atoms with van der Waals surface area (Å²) in [5.41, 5.74) is 3.15. The van der Waals surface area contributed by atoms with Gasteiger partial charge in [-0.3, -0.25) is 0 Å². The van der Waals surface area contributed by atoms with E-state index in [0.29, 0.717) is 0 Å². The molecule has 0 aliphatic heterocycles. The first-order valence-corrected chi connectivity index (χ1v) is 6.23. The summed E-state index contributed by atoms with van der Waals surface area (Å²) >= 11 is 5.10. The molecule has 0 aliphatic rings. The lowest BCUT2D eigenvalue weighted by molar-refractivity contribution is 1.38. The summed E-state index contributed by atoms with van der Waals surface area (Å²) in [6.45, 7) is 1.99. The third-order valence-corrected chi connectivity index (χ3v) is 3.82. The maximum absolute atomic E-state index is 9.04. The Hall–Kier alpha value is -0.850. The minimum absolute atomic E-state index is 0.819. The van der Waals surface area contributed by atoms with E-state index in [2.05, 4.69) is 34.1 Å². The first-order chi connectivity index (χ1) is 6.77. The highest BCUT2D eigenvalue weighted by atomic mass is 79.9. The van der Waals surface area contributed by atoms with Crippen molar-refractivity contribution >= 4 is 37.4 Å². The summed E-state index contributed by atoms with van der Waals surface area (Å²) in [5, 5.41) is 13.1. The number of hydrogen-bond donors (Lipinski definition) is 0. The van der Waals surface area contributed by atoms with Crippen molar-refractivity contribution in [2.75, 3.05) is 0 Å². The zero-order chi connectivity index (χ0) is 10.1. The van der Waals surface area contributed by atoms with E-state index in [0.717, 1.165) is 21.2 Å². The molecule has 0 fully saturated rings. The van der Waals surface area contributed by atoms with Crippen LogP contribution in [0.1, 0.15) is 16.7 Å². The van der Waals surface area contributed by atoms with Crippen LogP contribution in [0.15, 0.2) is 17.5 Å². The zero-order valence-electron chi connectivity index (χ0n) is 7.67. The average molecular weight is 266 g/mol. The van der Waals surface area contributed by atoms with E-state index in [-0.39, 0.29) is 0 Å². The molecule has 0 unspecified atom stereocenters. The van der Waals surface area contributed by atoms with Gasteiger partial charge in [0.25, 0.3) is 0 Å². The van der Waals surface area contributed by atoms with Crippen molar-refractivity contribution in [3.05, 3.63) is 34.2 Å². The highest BCUT2D eigenvalue weighted by Gasteiger charge is 2.09. The Kier molecular flexibility index (Phi) is 2.58. The molecule has 0 radical (unpaired) electrons. The standard InChI is InChI=1S/C11H8BrNS/c1-7-4-8(5-12)9-2-3-14-11(9)10(7)6-13/h2-4H,5H2,1H3. The molecule has 2 rings (SSSR count). The second-order valence-corrected chi connectivity index (χ2v) is 4.61. The Bertz CT molecular complexity index is 522. The molecule has 0 bridgehead atoms. The van der Waals surface area contributed by atoms with Crippen LogP contribution in [0.25, 0.3) is 10.1 Å². The predicted molar refractivity (Wildman–Crippen MR) is 63.9 cm³/mol. The molecule has 0 amide bonds. The number of alkyl halides is 1. The second-order valence-electron chi connectivity index (χ2n) is 3.14. The number of fused-ring (bicyclic) bond motifs is 1. The van der Waals surface area contributed by atoms with Gasteiger partial charge in [-0.15, -0.1) is 11.3 Å². The normalized spacial score (nSPS) is 10.4. The summed E-state index contributed by atoms with van der Waals surface area (Å²) in [6, 6.07) is 6.44. The maximum atomic E-state index is 9.04. The maximum Gasteiger partial charge on any atom is 0.101 e. The van der Waals surface area contributed by atoms with Gasteiger partial charge in [0, 0.05) is 5.33 Å².